The summed E-state index contributed by atoms with van der Waals surface area (Å²) in [7, 11) is 0. The van der Waals surface area contributed by atoms with E-state index in [1.807, 2.05) is 30.3 Å². The van der Waals surface area contributed by atoms with Gasteiger partial charge in [-0.1, -0.05) is 60.6 Å². The van der Waals surface area contributed by atoms with Gasteiger partial charge >= 0.3 is 0 Å². The highest BCUT2D eigenvalue weighted by Gasteiger charge is 2.14. The van der Waals surface area contributed by atoms with E-state index in [0.717, 1.165) is 12.8 Å². The summed E-state index contributed by atoms with van der Waals surface area (Å²) in [5.74, 6) is -0.118. The molecule has 0 radical (unpaired) electrons. The van der Waals surface area contributed by atoms with Gasteiger partial charge in [0.2, 0.25) is 5.91 Å². The van der Waals surface area contributed by atoms with Gasteiger partial charge in [0, 0.05) is 18.5 Å². The van der Waals surface area contributed by atoms with Crippen molar-refractivity contribution in [3.8, 4) is 0 Å². The molecule has 2 aromatic carbocycles. The summed E-state index contributed by atoms with van der Waals surface area (Å²) in [6, 6.07) is 16.3. The van der Waals surface area contributed by atoms with E-state index < -0.39 is 0 Å². The molecule has 0 fully saturated rings. The van der Waals surface area contributed by atoms with Gasteiger partial charge in [-0.3, -0.25) is 19.0 Å². The van der Waals surface area contributed by atoms with Crippen molar-refractivity contribution < 1.29 is 9.59 Å². The third-order valence-corrected chi connectivity index (χ3v) is 5.54. The van der Waals surface area contributed by atoms with Gasteiger partial charge in [0.05, 0.1) is 16.7 Å². The molecule has 0 saturated heterocycles. The van der Waals surface area contributed by atoms with E-state index in [2.05, 4.69) is 4.98 Å². The lowest BCUT2D eigenvalue weighted by molar-refractivity contribution is -0.118. The fraction of sp³-hybridized carbons (Fsp3) is 0.273. The normalized spacial score (nSPS) is 10.9. The lowest BCUT2D eigenvalue weighted by atomic mass is 10.2. The molecule has 1 amide bonds. The minimum atomic E-state index is -0.315. The number of unbranched alkanes of at least 4 members (excludes halogenated alkanes) is 2. The SMILES string of the molecule is NC(=O)CCCCCn1c(SCC(=O)c2ccccc2)nc2ccccc2c1=O. The Morgan fingerprint density at radius 2 is 1.69 bits per heavy atom. The molecule has 0 atom stereocenters. The van der Waals surface area contributed by atoms with Crippen LogP contribution in [0.15, 0.2) is 64.5 Å². The fourth-order valence-electron chi connectivity index (χ4n) is 3.04. The Morgan fingerprint density at radius 1 is 0.966 bits per heavy atom. The molecular formula is C22H23N3O3S. The van der Waals surface area contributed by atoms with Gasteiger partial charge in [0.25, 0.3) is 5.56 Å². The number of aromatic nitrogens is 2. The molecular weight excluding hydrogens is 386 g/mol. The number of hydrogen-bond donors (Lipinski definition) is 1. The van der Waals surface area contributed by atoms with Crippen LogP contribution in [-0.2, 0) is 11.3 Å². The van der Waals surface area contributed by atoms with Gasteiger partial charge in [-0.15, -0.1) is 0 Å². The minimum absolute atomic E-state index is 0.00832. The Morgan fingerprint density at radius 3 is 2.45 bits per heavy atom. The molecule has 0 aliphatic carbocycles. The van der Waals surface area contributed by atoms with Gasteiger partial charge in [0.15, 0.2) is 10.9 Å². The van der Waals surface area contributed by atoms with Gasteiger partial charge in [-0.2, -0.15) is 0 Å². The Balaban J connectivity index is 1.79. The number of thioether (sulfide) groups is 1. The second kappa shape index (κ2) is 10.0. The number of para-hydroxylation sites is 1. The summed E-state index contributed by atoms with van der Waals surface area (Å²) in [6.07, 6.45) is 2.56. The van der Waals surface area contributed by atoms with Crippen molar-refractivity contribution in [3.63, 3.8) is 0 Å². The number of nitrogens with two attached hydrogens (primary N) is 1. The number of benzene rings is 2. The molecule has 29 heavy (non-hydrogen) atoms. The molecule has 0 aliphatic heterocycles. The van der Waals surface area contributed by atoms with E-state index in [1.165, 1.54) is 11.8 Å². The summed E-state index contributed by atoms with van der Waals surface area (Å²) >= 11 is 1.28. The quantitative estimate of drug-likeness (QED) is 0.240. The monoisotopic (exact) mass is 409 g/mol. The van der Waals surface area contributed by atoms with Crippen molar-refractivity contribution in [1.82, 2.24) is 9.55 Å². The van der Waals surface area contributed by atoms with E-state index in [9.17, 15) is 14.4 Å². The molecule has 0 bridgehead atoms. The average molecular weight is 410 g/mol. The molecule has 3 aromatic rings. The van der Waals surface area contributed by atoms with Crippen molar-refractivity contribution in [2.24, 2.45) is 5.73 Å². The number of hydrogen-bond acceptors (Lipinski definition) is 5. The number of ketones is 1. The van der Waals surface area contributed by atoms with E-state index >= 15 is 0 Å². The maximum absolute atomic E-state index is 13.0. The van der Waals surface area contributed by atoms with E-state index in [4.69, 9.17) is 5.73 Å². The number of nitrogens with zero attached hydrogens (tertiary/aromatic N) is 2. The summed E-state index contributed by atoms with van der Waals surface area (Å²) < 4.78 is 1.63. The van der Waals surface area contributed by atoms with Crippen molar-refractivity contribution >= 4 is 34.4 Å². The number of carbonyl (C=O) groups excluding carboxylic acids is 2. The van der Waals surface area contributed by atoms with Crippen molar-refractivity contribution in [2.75, 3.05) is 5.75 Å². The standard InChI is InChI=1S/C22H23N3O3S/c23-20(27)13-5-2-8-14-25-21(28)17-11-6-7-12-18(17)24-22(25)29-15-19(26)16-9-3-1-4-10-16/h1,3-4,6-7,9-12H,2,5,8,13-15H2,(H2,23,27). The molecule has 0 unspecified atom stereocenters. The maximum atomic E-state index is 13.0. The van der Waals surface area contributed by atoms with Crippen molar-refractivity contribution in [1.29, 1.82) is 0 Å². The molecule has 3 rings (SSSR count). The lowest BCUT2D eigenvalue weighted by Crippen LogP contribution is -2.24. The minimum Gasteiger partial charge on any atom is -0.370 e. The third kappa shape index (κ3) is 5.54. The van der Waals surface area contributed by atoms with Crippen LogP contribution < -0.4 is 11.3 Å². The first-order valence-corrected chi connectivity index (χ1v) is 10.5. The Hall–Kier alpha value is -2.93. The highest BCUT2D eigenvalue weighted by Crippen LogP contribution is 2.20. The van der Waals surface area contributed by atoms with Gasteiger partial charge in [-0.25, -0.2) is 4.98 Å². The lowest BCUT2D eigenvalue weighted by Gasteiger charge is -2.13. The molecule has 6 nitrogen and oxygen atoms in total. The van der Waals surface area contributed by atoms with Crippen LogP contribution in [-0.4, -0.2) is 27.0 Å². The fourth-order valence-corrected chi connectivity index (χ4v) is 3.96. The molecule has 0 spiro atoms. The van der Waals surface area contributed by atoms with Crippen LogP contribution in [0.25, 0.3) is 10.9 Å². The molecule has 7 heteroatoms. The van der Waals surface area contributed by atoms with Crippen LogP contribution >= 0.6 is 11.8 Å². The van der Waals surface area contributed by atoms with Gasteiger partial charge < -0.3 is 5.73 Å². The molecule has 2 N–H and O–H groups in total. The Kier molecular flexibility index (Phi) is 7.19. The first-order valence-electron chi connectivity index (χ1n) is 9.55. The zero-order valence-electron chi connectivity index (χ0n) is 16.0. The third-order valence-electron chi connectivity index (χ3n) is 4.56. The largest absolute Gasteiger partial charge is 0.370 e. The number of fused-ring (bicyclic) bond motifs is 1. The van der Waals surface area contributed by atoms with Crippen molar-refractivity contribution in [2.45, 2.75) is 37.4 Å². The smallest absolute Gasteiger partial charge is 0.262 e. The van der Waals surface area contributed by atoms with Crippen molar-refractivity contribution in [3.05, 3.63) is 70.5 Å². The van der Waals surface area contributed by atoms with Crippen LogP contribution in [0.4, 0.5) is 0 Å². The van der Waals surface area contributed by atoms with E-state index in [-0.39, 0.29) is 23.0 Å². The molecule has 1 heterocycles. The second-order valence-electron chi connectivity index (χ2n) is 6.72. The van der Waals surface area contributed by atoms with Crippen LogP contribution in [0.1, 0.15) is 36.0 Å². The van der Waals surface area contributed by atoms with Crippen LogP contribution in [0.5, 0.6) is 0 Å². The highest BCUT2D eigenvalue weighted by atomic mass is 32.2. The Bertz CT molecular complexity index is 1060. The van der Waals surface area contributed by atoms with Crippen LogP contribution in [0.2, 0.25) is 0 Å². The summed E-state index contributed by atoms with van der Waals surface area (Å²) in [6.45, 7) is 0.483. The maximum Gasteiger partial charge on any atom is 0.262 e. The topological polar surface area (TPSA) is 95.1 Å². The number of Topliss-reactive ketones (excluding diaryl/α,β-unsaturated/α-hetero) is 1. The average Bonchev–Trinajstić information content (AvgIpc) is 2.73. The number of primary amides is 1. The number of amides is 1. The van der Waals surface area contributed by atoms with Crippen LogP contribution in [0.3, 0.4) is 0 Å². The summed E-state index contributed by atoms with van der Waals surface area (Å²) in [5.41, 5.74) is 6.32. The second-order valence-corrected chi connectivity index (χ2v) is 7.67. The molecule has 150 valence electrons. The Labute approximate surface area is 173 Å². The first-order chi connectivity index (χ1) is 14.1. The molecule has 0 saturated carbocycles. The van der Waals surface area contributed by atoms with E-state index in [0.29, 0.717) is 41.0 Å². The van der Waals surface area contributed by atoms with Gasteiger partial charge in [-0.05, 0) is 25.0 Å². The predicted octanol–water partition coefficient (Wildman–Crippen LogP) is 3.42. The van der Waals surface area contributed by atoms with Crippen LogP contribution in [0, 0.1) is 0 Å². The van der Waals surface area contributed by atoms with E-state index in [1.54, 1.807) is 28.8 Å². The summed E-state index contributed by atoms with van der Waals surface area (Å²) in [4.78, 5) is 41.0. The van der Waals surface area contributed by atoms with Gasteiger partial charge in [0.1, 0.15) is 0 Å². The zero-order chi connectivity index (χ0) is 20.6. The first kappa shape index (κ1) is 20.8. The highest BCUT2D eigenvalue weighted by molar-refractivity contribution is 7.99. The number of rotatable bonds is 10. The number of carbonyl (C=O) groups is 2. The predicted molar refractivity (Wildman–Crippen MR) is 115 cm³/mol. The molecule has 1 aromatic heterocycles. The summed E-state index contributed by atoms with van der Waals surface area (Å²) in [5, 5.41) is 1.09. The molecule has 0 aliphatic rings. The zero-order valence-corrected chi connectivity index (χ0v) is 16.9.